The van der Waals surface area contributed by atoms with Gasteiger partial charge < -0.3 is 5.32 Å². The molecule has 0 spiro atoms. The second-order valence-corrected chi connectivity index (χ2v) is 9.81. The first-order chi connectivity index (χ1) is 14.1. The van der Waals surface area contributed by atoms with Crippen molar-refractivity contribution < 1.29 is 0 Å². The lowest BCUT2D eigenvalue weighted by atomic mass is 9.93. The van der Waals surface area contributed by atoms with Crippen molar-refractivity contribution in [2.24, 2.45) is 5.92 Å². The largest absolute Gasteiger partial charge is 0.313 e. The number of thiophene rings is 1. The fourth-order valence-electron chi connectivity index (χ4n) is 4.48. The van der Waals surface area contributed by atoms with E-state index in [0.29, 0.717) is 12.6 Å². The zero-order valence-corrected chi connectivity index (χ0v) is 18.1. The van der Waals surface area contributed by atoms with E-state index < -0.39 is 0 Å². The highest BCUT2D eigenvalue weighted by Gasteiger charge is 2.27. The third kappa shape index (κ3) is 3.90. The molecule has 1 atom stereocenters. The van der Waals surface area contributed by atoms with Gasteiger partial charge in [-0.25, -0.2) is 4.98 Å². The molecule has 3 heterocycles. The van der Waals surface area contributed by atoms with E-state index in [1.807, 2.05) is 11.6 Å². The van der Waals surface area contributed by atoms with Gasteiger partial charge in [-0.05, 0) is 76.5 Å². The SMILES string of the molecule is Cc1cc(C)n(CCCn2cnc3sc4c(c3c2=O)CC[C@H](NCC2CC2)C4)n1. The number of aryl methyl sites for hydroxylation is 5. The molecule has 1 N–H and O–H groups in total. The minimum absolute atomic E-state index is 0.130. The van der Waals surface area contributed by atoms with E-state index in [1.54, 1.807) is 22.2 Å². The van der Waals surface area contributed by atoms with Gasteiger partial charge >= 0.3 is 0 Å². The molecule has 3 aromatic rings. The molecule has 0 bridgehead atoms. The monoisotopic (exact) mass is 411 g/mol. The highest BCUT2D eigenvalue weighted by atomic mass is 32.1. The van der Waals surface area contributed by atoms with E-state index >= 15 is 0 Å². The first kappa shape index (κ1) is 19.0. The van der Waals surface area contributed by atoms with E-state index in [-0.39, 0.29) is 5.56 Å². The summed E-state index contributed by atoms with van der Waals surface area (Å²) in [5.41, 5.74) is 3.60. The van der Waals surface area contributed by atoms with Crippen LogP contribution < -0.4 is 10.9 Å². The molecule has 1 saturated carbocycles. The second kappa shape index (κ2) is 7.69. The maximum atomic E-state index is 13.2. The van der Waals surface area contributed by atoms with Crippen LogP contribution in [0.2, 0.25) is 0 Å². The summed E-state index contributed by atoms with van der Waals surface area (Å²) >= 11 is 1.72. The van der Waals surface area contributed by atoms with Crippen molar-refractivity contribution in [3.8, 4) is 0 Å². The Bertz CT molecular complexity index is 1090. The van der Waals surface area contributed by atoms with Crippen molar-refractivity contribution in [2.75, 3.05) is 6.54 Å². The lowest BCUT2D eigenvalue weighted by Crippen LogP contribution is -2.35. The van der Waals surface area contributed by atoms with Gasteiger partial charge in [0.1, 0.15) is 4.83 Å². The first-order valence-corrected chi connectivity index (χ1v) is 11.6. The topological polar surface area (TPSA) is 64.7 Å². The van der Waals surface area contributed by atoms with Crippen molar-refractivity contribution in [2.45, 2.75) is 71.5 Å². The van der Waals surface area contributed by atoms with E-state index in [9.17, 15) is 4.79 Å². The van der Waals surface area contributed by atoms with Gasteiger partial charge in [-0.1, -0.05) is 0 Å². The van der Waals surface area contributed by atoms with Gasteiger partial charge in [0.15, 0.2) is 0 Å². The molecule has 0 saturated heterocycles. The molecule has 154 valence electrons. The Morgan fingerprint density at radius 1 is 1.24 bits per heavy atom. The normalized spacial score (nSPS) is 19.0. The van der Waals surface area contributed by atoms with Crippen LogP contribution in [0.1, 0.15) is 47.5 Å². The molecule has 7 heteroatoms. The van der Waals surface area contributed by atoms with Crippen LogP contribution >= 0.6 is 11.3 Å². The Morgan fingerprint density at radius 3 is 2.86 bits per heavy atom. The first-order valence-electron chi connectivity index (χ1n) is 10.8. The Labute approximate surface area is 175 Å². The Hall–Kier alpha value is -1.99. The van der Waals surface area contributed by atoms with Gasteiger partial charge in [0.25, 0.3) is 5.56 Å². The molecule has 29 heavy (non-hydrogen) atoms. The molecule has 5 rings (SSSR count). The lowest BCUT2D eigenvalue weighted by molar-refractivity contribution is 0.453. The molecule has 0 radical (unpaired) electrons. The minimum atomic E-state index is 0.130. The smallest absolute Gasteiger partial charge is 0.262 e. The standard InChI is InChI=1S/C22H29N5OS/c1-14-10-15(2)27(25-14)9-3-8-26-13-24-21-20(22(26)28)18-7-6-17(11-19(18)29-21)23-12-16-4-5-16/h10,13,16-17,23H,3-9,11-12H2,1-2H3/t17-/m0/s1. The molecule has 0 unspecified atom stereocenters. The van der Waals surface area contributed by atoms with Crippen molar-refractivity contribution in [3.05, 3.63) is 44.6 Å². The molecular formula is C22H29N5OS. The number of nitrogens with one attached hydrogen (secondary N) is 1. The highest BCUT2D eigenvalue weighted by molar-refractivity contribution is 7.18. The molecular weight excluding hydrogens is 382 g/mol. The molecule has 3 aromatic heterocycles. The van der Waals surface area contributed by atoms with Crippen LogP contribution in [0.5, 0.6) is 0 Å². The van der Waals surface area contributed by atoms with Crippen LogP contribution in [-0.2, 0) is 25.9 Å². The third-order valence-corrected chi connectivity index (χ3v) is 7.46. The average Bonchev–Trinajstić information content (AvgIpc) is 3.37. The Morgan fingerprint density at radius 2 is 2.10 bits per heavy atom. The number of hydrogen-bond acceptors (Lipinski definition) is 5. The fraction of sp³-hybridized carbons (Fsp3) is 0.591. The summed E-state index contributed by atoms with van der Waals surface area (Å²) in [4.78, 5) is 20.1. The van der Waals surface area contributed by atoms with Crippen molar-refractivity contribution in [1.29, 1.82) is 0 Å². The summed E-state index contributed by atoms with van der Waals surface area (Å²) in [6.45, 7) is 6.74. The Balaban J connectivity index is 1.31. The summed E-state index contributed by atoms with van der Waals surface area (Å²) in [7, 11) is 0. The van der Waals surface area contributed by atoms with E-state index in [2.05, 4.69) is 28.4 Å². The van der Waals surface area contributed by atoms with Crippen LogP contribution in [0.3, 0.4) is 0 Å². The molecule has 1 fully saturated rings. The van der Waals surface area contributed by atoms with Crippen LogP contribution in [0.25, 0.3) is 10.2 Å². The summed E-state index contributed by atoms with van der Waals surface area (Å²) in [6, 6.07) is 2.64. The molecule has 0 aromatic carbocycles. The van der Waals surface area contributed by atoms with E-state index in [0.717, 1.165) is 60.6 Å². The molecule has 2 aliphatic carbocycles. The van der Waals surface area contributed by atoms with E-state index in [4.69, 9.17) is 0 Å². The van der Waals surface area contributed by atoms with Crippen molar-refractivity contribution in [3.63, 3.8) is 0 Å². The third-order valence-electron chi connectivity index (χ3n) is 6.30. The molecule has 6 nitrogen and oxygen atoms in total. The Kier molecular flexibility index (Phi) is 5.04. The summed E-state index contributed by atoms with van der Waals surface area (Å²) in [5.74, 6) is 0.905. The average molecular weight is 412 g/mol. The summed E-state index contributed by atoms with van der Waals surface area (Å²) < 4.78 is 3.81. The van der Waals surface area contributed by atoms with Gasteiger partial charge in [-0.3, -0.25) is 14.0 Å². The van der Waals surface area contributed by atoms with Gasteiger partial charge in [0, 0.05) is 29.7 Å². The number of aromatic nitrogens is 4. The maximum Gasteiger partial charge on any atom is 0.262 e. The highest BCUT2D eigenvalue weighted by Crippen LogP contribution is 2.34. The summed E-state index contributed by atoms with van der Waals surface area (Å²) in [5, 5.41) is 9.12. The van der Waals surface area contributed by atoms with Gasteiger partial charge in [-0.2, -0.15) is 5.10 Å². The second-order valence-electron chi connectivity index (χ2n) is 8.72. The number of rotatable bonds is 7. The van der Waals surface area contributed by atoms with Gasteiger partial charge in [0.2, 0.25) is 0 Å². The van der Waals surface area contributed by atoms with Crippen molar-refractivity contribution in [1.82, 2.24) is 24.6 Å². The number of nitrogens with zero attached hydrogens (tertiary/aromatic N) is 4. The zero-order valence-electron chi connectivity index (χ0n) is 17.3. The van der Waals surface area contributed by atoms with Crippen LogP contribution in [-0.4, -0.2) is 31.9 Å². The van der Waals surface area contributed by atoms with Crippen LogP contribution in [0, 0.1) is 19.8 Å². The fourth-order valence-corrected chi connectivity index (χ4v) is 5.74. The minimum Gasteiger partial charge on any atom is -0.313 e. The summed E-state index contributed by atoms with van der Waals surface area (Å²) in [6.07, 6.45) is 8.53. The number of fused-ring (bicyclic) bond motifs is 3. The van der Waals surface area contributed by atoms with Crippen LogP contribution in [0.15, 0.2) is 17.2 Å². The predicted molar refractivity (Wildman–Crippen MR) is 117 cm³/mol. The molecule has 2 aliphatic rings. The predicted octanol–water partition coefficient (Wildman–Crippen LogP) is 3.22. The van der Waals surface area contributed by atoms with E-state index in [1.165, 1.54) is 29.0 Å². The van der Waals surface area contributed by atoms with Crippen molar-refractivity contribution >= 4 is 21.6 Å². The lowest BCUT2D eigenvalue weighted by Gasteiger charge is -2.23. The number of hydrogen-bond donors (Lipinski definition) is 1. The molecule has 0 amide bonds. The van der Waals surface area contributed by atoms with Gasteiger partial charge in [0.05, 0.1) is 17.4 Å². The quantitative estimate of drug-likeness (QED) is 0.648. The molecule has 0 aliphatic heterocycles. The van der Waals surface area contributed by atoms with Crippen LogP contribution in [0.4, 0.5) is 0 Å². The maximum absolute atomic E-state index is 13.2. The zero-order chi connectivity index (χ0) is 20.0. The van der Waals surface area contributed by atoms with Gasteiger partial charge in [-0.15, -0.1) is 11.3 Å².